The molecular weight excluding hydrogens is 271 g/mol. The molecule has 0 aromatic rings. The van der Waals surface area contributed by atoms with Crippen molar-refractivity contribution in [3.05, 3.63) is 0 Å². The van der Waals surface area contributed by atoms with E-state index in [2.05, 4.69) is 26.4 Å². The van der Waals surface area contributed by atoms with Gasteiger partial charge in [-0.05, 0) is 31.6 Å². The highest BCUT2D eigenvalue weighted by molar-refractivity contribution is 6.50. The molecule has 0 aromatic heterocycles. The quantitative estimate of drug-likeness (QED) is 0.624. The molecule has 2 rings (SSSR count). The van der Waals surface area contributed by atoms with Crippen molar-refractivity contribution in [1.29, 1.82) is 0 Å². The molecule has 0 radical (unpaired) electrons. The lowest BCUT2D eigenvalue weighted by molar-refractivity contribution is -0.973. The number of carbonyl (C=O) groups excluding carboxylic acids is 1. The van der Waals surface area contributed by atoms with Crippen LogP contribution in [-0.4, -0.2) is 44.3 Å². The maximum absolute atomic E-state index is 11.7. The van der Waals surface area contributed by atoms with Crippen LogP contribution < -0.4 is 5.43 Å². The summed E-state index contributed by atoms with van der Waals surface area (Å²) in [6, 6.07) is 0.442. The highest BCUT2D eigenvalue weighted by Gasteiger charge is 2.38. The molecule has 2 saturated heterocycles. The van der Waals surface area contributed by atoms with E-state index in [1.54, 1.807) is 6.92 Å². The molecule has 1 N–H and O–H groups in total. The van der Waals surface area contributed by atoms with Crippen LogP contribution in [0.25, 0.3) is 0 Å². The second kappa shape index (κ2) is 7.96. The average molecular weight is 307 g/mol. The summed E-state index contributed by atoms with van der Waals surface area (Å²) >= 11 is 0. The zero-order chi connectivity index (χ0) is 16.2. The van der Waals surface area contributed by atoms with Crippen LogP contribution in [0, 0.1) is 11.8 Å². The fraction of sp³-hybridized carbons (Fsp3) is 0.944. The van der Waals surface area contributed by atoms with Crippen molar-refractivity contribution in [3.8, 4) is 0 Å². The molecule has 0 spiro atoms. The van der Waals surface area contributed by atoms with Gasteiger partial charge in [0, 0.05) is 19.9 Å². The van der Waals surface area contributed by atoms with Crippen LogP contribution in [0.5, 0.6) is 0 Å². The zero-order valence-corrected chi connectivity index (χ0v) is 15.2. The second-order valence-corrected chi connectivity index (χ2v) is 8.16. The number of hydrogen-bond acceptors (Lipinski definition) is 2. The largest absolute Gasteiger partial charge is 0.300 e. The summed E-state index contributed by atoms with van der Waals surface area (Å²) in [7, 11) is 5.83. The van der Waals surface area contributed by atoms with Gasteiger partial charge in [-0.3, -0.25) is 4.79 Å². The molecule has 5 atom stereocenters. The lowest BCUT2D eigenvalue weighted by Crippen LogP contribution is -2.61. The standard InChI is InChI=1S/C18H36BN2O/c1-14(22)12-17-9-7-5-6-8-16(15(2)18-13-19-18)10-11-21(17,4)20-3/h15-20H,5-13H2,1-4H3/q+1/t15-,16?,17?,18?,21?/m0/s1. The first-order valence-corrected chi connectivity index (χ1v) is 9.50. The van der Waals surface area contributed by atoms with Crippen molar-refractivity contribution in [3.63, 3.8) is 0 Å². The van der Waals surface area contributed by atoms with Gasteiger partial charge in [0.25, 0.3) is 0 Å². The Morgan fingerprint density at radius 2 is 1.95 bits per heavy atom. The topological polar surface area (TPSA) is 29.1 Å². The minimum atomic E-state index is 0.338. The van der Waals surface area contributed by atoms with E-state index in [1.165, 1.54) is 52.1 Å². The van der Waals surface area contributed by atoms with Gasteiger partial charge in [-0.1, -0.05) is 31.9 Å². The van der Waals surface area contributed by atoms with Crippen LogP contribution in [0.15, 0.2) is 0 Å². The molecule has 2 aliphatic rings. The molecule has 0 amide bonds. The summed E-state index contributed by atoms with van der Waals surface area (Å²) in [6.45, 7) is 5.40. The Kier molecular flexibility index (Phi) is 6.52. The predicted octanol–water partition coefficient (Wildman–Crippen LogP) is 3.18. The number of hydrogen-bond donors (Lipinski definition) is 1. The van der Waals surface area contributed by atoms with Crippen LogP contribution in [0.1, 0.15) is 58.8 Å². The molecule has 0 aliphatic carbocycles. The number of nitrogens with zero attached hydrogens (tertiary/aromatic N) is 1. The number of quaternary nitrogens is 1. The number of nitrogens with one attached hydrogen (secondary N) is 1. The maximum atomic E-state index is 11.7. The summed E-state index contributed by atoms with van der Waals surface area (Å²) in [5, 5.41) is 0. The SMILES string of the molecule is CN[N+]1(C)CCC([C@H](C)C2BC2)CCCCCC1CC(C)=O. The molecule has 0 aromatic carbocycles. The molecule has 3 nitrogen and oxygen atoms in total. The monoisotopic (exact) mass is 307 g/mol. The smallest absolute Gasteiger partial charge is 0.135 e. The van der Waals surface area contributed by atoms with E-state index < -0.39 is 0 Å². The molecule has 4 heteroatoms. The summed E-state index contributed by atoms with van der Waals surface area (Å²) < 4.78 is 0.869. The minimum Gasteiger partial charge on any atom is -0.300 e. The summed E-state index contributed by atoms with van der Waals surface area (Å²) in [4.78, 5) is 11.7. The van der Waals surface area contributed by atoms with Gasteiger partial charge in [0.15, 0.2) is 0 Å². The van der Waals surface area contributed by atoms with Gasteiger partial charge < -0.3 is 0 Å². The van der Waals surface area contributed by atoms with E-state index in [0.717, 1.165) is 35.2 Å². The van der Waals surface area contributed by atoms with E-state index in [4.69, 9.17) is 0 Å². The lowest BCUT2D eigenvalue weighted by Gasteiger charge is -2.42. The Bertz CT molecular complexity index is 372. The number of Topliss-reactive ketones (excluding diaryl/α,β-unsaturated/α-hetero) is 1. The summed E-state index contributed by atoms with van der Waals surface area (Å²) in [5.41, 5.74) is 3.54. The van der Waals surface area contributed by atoms with Crippen LogP contribution in [-0.2, 0) is 4.79 Å². The normalized spacial score (nSPS) is 37.9. The van der Waals surface area contributed by atoms with E-state index in [0.29, 0.717) is 11.8 Å². The Hall–Kier alpha value is -0.345. The van der Waals surface area contributed by atoms with Gasteiger partial charge in [0.05, 0.1) is 20.0 Å². The van der Waals surface area contributed by atoms with Gasteiger partial charge in [-0.15, -0.1) is 0 Å². The number of ketones is 1. The van der Waals surface area contributed by atoms with Crippen molar-refractivity contribution >= 4 is 13.1 Å². The van der Waals surface area contributed by atoms with Gasteiger partial charge in [0.2, 0.25) is 0 Å². The highest BCUT2D eigenvalue weighted by Crippen LogP contribution is 2.43. The summed E-state index contributed by atoms with van der Waals surface area (Å²) in [6.07, 6.45) is 10.1. The molecule has 0 bridgehead atoms. The Morgan fingerprint density at radius 3 is 2.55 bits per heavy atom. The molecular formula is C18H36BN2O+. The third-order valence-electron chi connectivity index (χ3n) is 6.53. The molecule has 4 unspecified atom stereocenters. The number of carbonyl (C=O) groups is 1. The molecule has 2 aliphatic heterocycles. The van der Waals surface area contributed by atoms with Gasteiger partial charge in [-0.25, -0.2) is 4.59 Å². The van der Waals surface area contributed by atoms with Crippen molar-refractivity contribution in [2.45, 2.75) is 77.0 Å². The third kappa shape index (κ3) is 4.82. The summed E-state index contributed by atoms with van der Waals surface area (Å²) in [5.74, 6) is 3.13. The first-order chi connectivity index (χ1) is 10.5. The fourth-order valence-electron chi connectivity index (χ4n) is 4.47. The van der Waals surface area contributed by atoms with Crippen molar-refractivity contribution in [1.82, 2.24) is 5.43 Å². The van der Waals surface area contributed by atoms with E-state index in [-0.39, 0.29) is 0 Å². The van der Waals surface area contributed by atoms with Crippen LogP contribution in [0.4, 0.5) is 0 Å². The van der Waals surface area contributed by atoms with Crippen LogP contribution in [0.2, 0.25) is 12.1 Å². The van der Waals surface area contributed by atoms with E-state index >= 15 is 0 Å². The molecule has 22 heavy (non-hydrogen) atoms. The van der Waals surface area contributed by atoms with E-state index in [1.807, 2.05) is 0 Å². The fourth-order valence-corrected chi connectivity index (χ4v) is 4.47. The minimum absolute atomic E-state index is 0.338. The Balaban J connectivity index is 2.05. The van der Waals surface area contributed by atoms with Gasteiger partial charge >= 0.3 is 0 Å². The van der Waals surface area contributed by atoms with Gasteiger partial charge in [0.1, 0.15) is 19.1 Å². The molecule has 126 valence electrons. The van der Waals surface area contributed by atoms with E-state index in [9.17, 15) is 4.79 Å². The Labute approximate surface area is 138 Å². The van der Waals surface area contributed by atoms with Crippen LogP contribution >= 0.6 is 0 Å². The third-order valence-corrected chi connectivity index (χ3v) is 6.53. The van der Waals surface area contributed by atoms with Crippen molar-refractivity contribution in [2.75, 3.05) is 20.6 Å². The molecule has 0 saturated carbocycles. The van der Waals surface area contributed by atoms with Crippen LogP contribution in [0.3, 0.4) is 0 Å². The zero-order valence-electron chi connectivity index (χ0n) is 15.2. The molecule has 2 heterocycles. The predicted molar refractivity (Wildman–Crippen MR) is 95.3 cm³/mol. The first-order valence-electron chi connectivity index (χ1n) is 9.50. The average Bonchev–Trinajstić information content (AvgIpc) is 3.31. The second-order valence-electron chi connectivity index (χ2n) is 8.16. The first kappa shape index (κ1) is 18.0. The maximum Gasteiger partial charge on any atom is 0.135 e. The Morgan fingerprint density at radius 1 is 1.27 bits per heavy atom. The lowest BCUT2D eigenvalue weighted by atomic mass is 9.78. The van der Waals surface area contributed by atoms with Crippen molar-refractivity contribution in [2.24, 2.45) is 11.8 Å². The number of rotatable bonds is 5. The van der Waals surface area contributed by atoms with Gasteiger partial charge in [-0.2, -0.15) is 5.43 Å². The van der Waals surface area contributed by atoms with Crippen molar-refractivity contribution < 1.29 is 9.39 Å². The highest BCUT2D eigenvalue weighted by atomic mass is 16.1. The molecule has 2 fully saturated rings.